The van der Waals surface area contributed by atoms with Gasteiger partial charge in [0, 0.05) is 17.4 Å². The van der Waals surface area contributed by atoms with E-state index in [0.29, 0.717) is 10.9 Å². The largest absolute Gasteiger partial charge is 0.460 e. The Balaban J connectivity index is 1.55. The van der Waals surface area contributed by atoms with Crippen molar-refractivity contribution in [1.82, 2.24) is 14.7 Å². The predicted octanol–water partition coefficient (Wildman–Crippen LogP) is 3.32. The first kappa shape index (κ1) is 19.8. The van der Waals surface area contributed by atoms with Crippen molar-refractivity contribution in [2.24, 2.45) is 0 Å². The zero-order valence-electron chi connectivity index (χ0n) is 16.1. The summed E-state index contributed by atoms with van der Waals surface area (Å²) in [6, 6.07) is 9.33. The molecule has 2 aromatic rings. The van der Waals surface area contributed by atoms with E-state index in [-0.39, 0.29) is 12.1 Å². The van der Waals surface area contributed by atoms with E-state index in [1.807, 2.05) is 39.0 Å². The topological polar surface area (TPSA) is 81.2 Å². The molecule has 1 aromatic carbocycles. The molecule has 1 N–H and O–H groups in total. The van der Waals surface area contributed by atoms with E-state index in [9.17, 15) is 8.42 Å². The molecule has 0 amide bonds. The molecule has 0 spiro atoms. The summed E-state index contributed by atoms with van der Waals surface area (Å²) < 4.78 is 33.9. The van der Waals surface area contributed by atoms with E-state index in [4.69, 9.17) is 4.74 Å². The van der Waals surface area contributed by atoms with Gasteiger partial charge in [-0.25, -0.2) is 23.1 Å². The highest BCUT2D eigenvalue weighted by Crippen LogP contribution is 2.24. The minimum atomic E-state index is -3.49. The summed E-state index contributed by atoms with van der Waals surface area (Å²) in [5.41, 5.74) is 2.89. The van der Waals surface area contributed by atoms with Gasteiger partial charge in [0.1, 0.15) is 6.10 Å². The second-order valence-electron chi connectivity index (χ2n) is 7.14. The van der Waals surface area contributed by atoms with E-state index in [1.165, 1.54) is 0 Å². The average molecular weight is 390 g/mol. The standard InChI is InChI=1S/C20H27N3O3S/c1-4-16-5-11-19(12-6-16)27(24,25)23-17-7-9-18(10-8-17)26-20-21-14(2)13-15(3)22-20/h5-6,11-13,17-18,23H,4,7-10H2,1-3H3. The molecule has 0 radical (unpaired) electrons. The van der Waals surface area contributed by atoms with Gasteiger partial charge in [-0.2, -0.15) is 0 Å². The van der Waals surface area contributed by atoms with Crippen molar-refractivity contribution in [2.45, 2.75) is 69.9 Å². The number of rotatable bonds is 6. The van der Waals surface area contributed by atoms with Gasteiger partial charge >= 0.3 is 6.01 Å². The third-order valence-corrected chi connectivity index (χ3v) is 6.41. The summed E-state index contributed by atoms with van der Waals surface area (Å²) in [7, 11) is -3.49. The van der Waals surface area contributed by atoms with Crippen molar-refractivity contribution in [3.63, 3.8) is 0 Å². The lowest BCUT2D eigenvalue weighted by Gasteiger charge is -2.28. The summed E-state index contributed by atoms with van der Waals surface area (Å²) in [6.07, 6.45) is 3.94. The Bertz CT molecular complexity index is 854. The van der Waals surface area contributed by atoms with Crippen LogP contribution in [0.15, 0.2) is 35.2 Å². The Morgan fingerprint density at radius 2 is 1.63 bits per heavy atom. The molecular formula is C20H27N3O3S. The van der Waals surface area contributed by atoms with E-state index in [1.54, 1.807) is 12.1 Å². The van der Waals surface area contributed by atoms with Gasteiger partial charge in [-0.1, -0.05) is 19.1 Å². The fourth-order valence-corrected chi connectivity index (χ4v) is 4.69. The van der Waals surface area contributed by atoms with E-state index in [2.05, 4.69) is 14.7 Å². The second-order valence-corrected chi connectivity index (χ2v) is 8.86. The van der Waals surface area contributed by atoms with Gasteiger partial charge in [0.15, 0.2) is 0 Å². The molecule has 146 valence electrons. The lowest BCUT2D eigenvalue weighted by Crippen LogP contribution is -2.39. The number of nitrogens with zero attached hydrogens (tertiary/aromatic N) is 2. The lowest BCUT2D eigenvalue weighted by atomic mass is 9.94. The number of nitrogens with one attached hydrogen (secondary N) is 1. The second kappa shape index (κ2) is 8.35. The molecule has 1 saturated carbocycles. The number of benzene rings is 1. The molecule has 3 rings (SSSR count). The molecule has 1 heterocycles. The maximum Gasteiger partial charge on any atom is 0.317 e. The highest BCUT2D eigenvalue weighted by Gasteiger charge is 2.27. The highest BCUT2D eigenvalue weighted by atomic mass is 32.2. The molecule has 27 heavy (non-hydrogen) atoms. The number of aromatic nitrogens is 2. The first-order valence-electron chi connectivity index (χ1n) is 9.46. The lowest BCUT2D eigenvalue weighted by molar-refractivity contribution is 0.131. The fourth-order valence-electron chi connectivity index (χ4n) is 3.39. The fraction of sp³-hybridized carbons (Fsp3) is 0.500. The van der Waals surface area contributed by atoms with Crippen molar-refractivity contribution in [2.75, 3.05) is 0 Å². The minimum Gasteiger partial charge on any atom is -0.460 e. The van der Waals surface area contributed by atoms with Gasteiger partial charge < -0.3 is 4.74 Å². The predicted molar refractivity (Wildman–Crippen MR) is 104 cm³/mol. The van der Waals surface area contributed by atoms with Gasteiger partial charge in [0.25, 0.3) is 0 Å². The van der Waals surface area contributed by atoms with Gasteiger partial charge in [-0.15, -0.1) is 0 Å². The van der Waals surface area contributed by atoms with Crippen molar-refractivity contribution in [3.8, 4) is 6.01 Å². The van der Waals surface area contributed by atoms with Crippen LogP contribution >= 0.6 is 0 Å². The molecule has 1 aliphatic carbocycles. The van der Waals surface area contributed by atoms with Crippen LogP contribution < -0.4 is 9.46 Å². The van der Waals surface area contributed by atoms with Crippen LogP contribution in [-0.4, -0.2) is 30.5 Å². The maximum absolute atomic E-state index is 12.6. The minimum absolute atomic E-state index is 0.0239. The zero-order chi connectivity index (χ0) is 19.4. The molecule has 0 aliphatic heterocycles. The van der Waals surface area contributed by atoms with Crippen molar-refractivity contribution < 1.29 is 13.2 Å². The summed E-state index contributed by atoms with van der Waals surface area (Å²) in [5, 5.41) is 0. The Morgan fingerprint density at radius 1 is 1.04 bits per heavy atom. The summed E-state index contributed by atoms with van der Waals surface area (Å²) >= 11 is 0. The number of aryl methyl sites for hydroxylation is 3. The summed E-state index contributed by atoms with van der Waals surface area (Å²) in [4.78, 5) is 8.95. The van der Waals surface area contributed by atoms with Gasteiger partial charge in [-0.05, 0) is 69.7 Å². The molecule has 1 aromatic heterocycles. The van der Waals surface area contributed by atoms with Crippen LogP contribution in [-0.2, 0) is 16.4 Å². The summed E-state index contributed by atoms with van der Waals surface area (Å²) in [6.45, 7) is 5.88. The third-order valence-electron chi connectivity index (χ3n) is 4.87. The van der Waals surface area contributed by atoms with Crippen molar-refractivity contribution in [3.05, 3.63) is 47.3 Å². The van der Waals surface area contributed by atoms with E-state index in [0.717, 1.165) is 49.1 Å². The van der Waals surface area contributed by atoms with Crippen molar-refractivity contribution in [1.29, 1.82) is 0 Å². The first-order chi connectivity index (χ1) is 12.9. The molecule has 7 heteroatoms. The molecule has 6 nitrogen and oxygen atoms in total. The van der Waals surface area contributed by atoms with Crippen LogP contribution in [0.5, 0.6) is 6.01 Å². The normalized spacial score (nSPS) is 20.4. The number of hydrogen-bond acceptors (Lipinski definition) is 5. The Kier molecular flexibility index (Phi) is 6.11. The zero-order valence-corrected chi connectivity index (χ0v) is 16.9. The van der Waals surface area contributed by atoms with Crippen LogP contribution in [0.3, 0.4) is 0 Å². The molecule has 0 saturated heterocycles. The Labute approximate surface area is 161 Å². The van der Waals surface area contributed by atoms with Crippen LogP contribution in [0.25, 0.3) is 0 Å². The van der Waals surface area contributed by atoms with Gasteiger partial charge in [0.2, 0.25) is 10.0 Å². The number of hydrogen-bond donors (Lipinski definition) is 1. The van der Waals surface area contributed by atoms with E-state index >= 15 is 0 Å². The molecule has 0 atom stereocenters. The number of ether oxygens (including phenoxy) is 1. The van der Waals surface area contributed by atoms with Crippen molar-refractivity contribution >= 4 is 10.0 Å². The molecular weight excluding hydrogens is 362 g/mol. The molecule has 0 bridgehead atoms. The highest BCUT2D eigenvalue weighted by molar-refractivity contribution is 7.89. The van der Waals surface area contributed by atoms with Crippen LogP contribution in [0.4, 0.5) is 0 Å². The van der Waals surface area contributed by atoms with Gasteiger partial charge in [0.05, 0.1) is 4.90 Å². The maximum atomic E-state index is 12.6. The smallest absolute Gasteiger partial charge is 0.317 e. The average Bonchev–Trinajstić information content (AvgIpc) is 2.62. The Morgan fingerprint density at radius 3 is 2.19 bits per heavy atom. The van der Waals surface area contributed by atoms with Gasteiger partial charge in [-0.3, -0.25) is 0 Å². The number of sulfonamides is 1. The quantitative estimate of drug-likeness (QED) is 0.820. The Hall–Kier alpha value is -1.99. The van der Waals surface area contributed by atoms with E-state index < -0.39 is 10.0 Å². The molecule has 0 unspecified atom stereocenters. The first-order valence-corrected chi connectivity index (χ1v) is 10.9. The molecule has 1 aliphatic rings. The van der Waals surface area contributed by atoms with Crippen LogP contribution in [0, 0.1) is 13.8 Å². The molecule has 1 fully saturated rings. The monoisotopic (exact) mass is 389 g/mol. The third kappa shape index (κ3) is 5.26. The van der Waals surface area contributed by atoms with Crippen LogP contribution in [0.1, 0.15) is 49.6 Å². The SMILES string of the molecule is CCc1ccc(S(=O)(=O)NC2CCC(Oc3nc(C)cc(C)n3)CC2)cc1. The van der Waals surface area contributed by atoms with Crippen LogP contribution in [0.2, 0.25) is 0 Å². The summed E-state index contributed by atoms with van der Waals surface area (Å²) in [5.74, 6) is 0.